The van der Waals surface area contributed by atoms with Gasteiger partial charge >= 0.3 is 0 Å². The van der Waals surface area contributed by atoms with Crippen LogP contribution in [-0.2, 0) is 22.9 Å². The third-order valence-electron chi connectivity index (χ3n) is 3.71. The first kappa shape index (κ1) is 15.4. The van der Waals surface area contributed by atoms with E-state index in [1.54, 1.807) is 0 Å². The Hall–Kier alpha value is -0.980. The number of rotatable bonds is 6. The number of sulfone groups is 1. The van der Waals surface area contributed by atoms with Crippen LogP contribution in [0.5, 0.6) is 0 Å². The summed E-state index contributed by atoms with van der Waals surface area (Å²) in [5.74, 6) is 0.596. The number of hydrogen-bond donors (Lipinski definition) is 1. The fourth-order valence-electron chi connectivity index (χ4n) is 2.43. The maximum absolute atomic E-state index is 11.5. The minimum atomic E-state index is -2.82. The molecular formula is C14H23N3O2S. The van der Waals surface area contributed by atoms with Crippen LogP contribution in [0.2, 0.25) is 0 Å². The zero-order valence-corrected chi connectivity index (χ0v) is 13.0. The molecule has 0 radical (unpaired) electrons. The van der Waals surface area contributed by atoms with E-state index < -0.39 is 9.84 Å². The molecule has 1 atom stereocenters. The molecule has 20 heavy (non-hydrogen) atoms. The molecular weight excluding hydrogens is 274 g/mol. The van der Waals surface area contributed by atoms with Crippen LogP contribution < -0.4 is 5.32 Å². The van der Waals surface area contributed by atoms with Crippen LogP contribution >= 0.6 is 0 Å². The van der Waals surface area contributed by atoms with E-state index in [1.165, 1.54) is 5.56 Å². The first-order chi connectivity index (χ1) is 9.50. The highest BCUT2D eigenvalue weighted by atomic mass is 32.2. The molecule has 0 aliphatic carbocycles. The monoisotopic (exact) mass is 297 g/mol. The topological polar surface area (TPSA) is 62.3 Å². The van der Waals surface area contributed by atoms with Gasteiger partial charge in [0.25, 0.3) is 0 Å². The Kier molecular flexibility index (Phi) is 5.12. The second-order valence-electron chi connectivity index (χ2n) is 5.41. The van der Waals surface area contributed by atoms with Crippen LogP contribution in [0, 0.1) is 0 Å². The van der Waals surface area contributed by atoms with Crippen LogP contribution in [0.4, 0.5) is 0 Å². The average Bonchev–Trinajstić information content (AvgIpc) is 2.78. The lowest BCUT2D eigenvalue weighted by atomic mass is 10.2. The summed E-state index contributed by atoms with van der Waals surface area (Å²) in [7, 11) is -0.848. The summed E-state index contributed by atoms with van der Waals surface area (Å²) in [6.45, 7) is 4.55. The fraction of sp³-hybridized carbons (Fsp3) is 0.643. The van der Waals surface area contributed by atoms with Gasteiger partial charge in [0.15, 0.2) is 9.84 Å². The zero-order chi connectivity index (χ0) is 14.6. The van der Waals surface area contributed by atoms with Gasteiger partial charge in [-0.2, -0.15) is 0 Å². The van der Waals surface area contributed by atoms with E-state index in [0.29, 0.717) is 12.3 Å². The van der Waals surface area contributed by atoms with Crippen LogP contribution in [0.15, 0.2) is 18.3 Å². The largest absolute Gasteiger partial charge is 0.313 e. The van der Waals surface area contributed by atoms with Gasteiger partial charge in [-0.15, -0.1) is 0 Å². The highest BCUT2D eigenvalue weighted by Crippen LogP contribution is 2.18. The molecule has 1 saturated heterocycles. The summed E-state index contributed by atoms with van der Waals surface area (Å²) in [4.78, 5) is 6.54. The molecule has 1 aromatic rings. The minimum Gasteiger partial charge on any atom is -0.313 e. The lowest BCUT2D eigenvalue weighted by Crippen LogP contribution is -2.32. The summed E-state index contributed by atoms with van der Waals surface area (Å²) in [5.41, 5.74) is 2.15. The lowest BCUT2D eigenvalue weighted by molar-refractivity contribution is 0.251. The van der Waals surface area contributed by atoms with E-state index in [0.717, 1.165) is 25.2 Å². The van der Waals surface area contributed by atoms with Crippen molar-refractivity contribution >= 4 is 9.84 Å². The number of pyridine rings is 1. The van der Waals surface area contributed by atoms with Crippen molar-refractivity contribution in [3.63, 3.8) is 0 Å². The van der Waals surface area contributed by atoms with E-state index in [4.69, 9.17) is 0 Å². The molecule has 2 heterocycles. The third kappa shape index (κ3) is 4.26. The van der Waals surface area contributed by atoms with Gasteiger partial charge in [-0.25, -0.2) is 8.42 Å². The molecule has 1 N–H and O–H groups in total. The number of nitrogens with zero attached hydrogens (tertiary/aromatic N) is 2. The second kappa shape index (κ2) is 6.65. The van der Waals surface area contributed by atoms with Gasteiger partial charge in [-0.1, -0.05) is 13.0 Å². The van der Waals surface area contributed by atoms with E-state index in [9.17, 15) is 8.42 Å². The molecule has 0 saturated carbocycles. The highest BCUT2D eigenvalue weighted by molar-refractivity contribution is 7.91. The first-order valence-electron chi connectivity index (χ1n) is 7.05. The van der Waals surface area contributed by atoms with Crippen molar-refractivity contribution in [2.45, 2.75) is 32.5 Å². The maximum atomic E-state index is 11.5. The fourth-order valence-corrected chi connectivity index (χ4v) is 4.24. The Morgan fingerprint density at radius 3 is 2.80 bits per heavy atom. The van der Waals surface area contributed by atoms with Crippen LogP contribution in [0.25, 0.3) is 0 Å². The molecule has 5 nitrogen and oxygen atoms in total. The van der Waals surface area contributed by atoms with Gasteiger partial charge < -0.3 is 5.32 Å². The van der Waals surface area contributed by atoms with Gasteiger partial charge in [-0.3, -0.25) is 9.88 Å². The standard InChI is InChI=1S/C14H23N3O2S/c1-3-15-8-12-4-5-13(16-9-12)10-17(2)14-6-7-20(18,19)11-14/h4-5,9,14-15H,3,6-8,10-11H2,1-2H3. The molecule has 1 aliphatic rings. The number of hydrogen-bond acceptors (Lipinski definition) is 5. The molecule has 0 bridgehead atoms. The van der Waals surface area contributed by atoms with Gasteiger partial charge in [-0.05, 0) is 31.6 Å². The molecule has 0 aromatic carbocycles. The maximum Gasteiger partial charge on any atom is 0.151 e. The van der Waals surface area contributed by atoms with E-state index in [2.05, 4.69) is 28.2 Å². The summed E-state index contributed by atoms with van der Waals surface area (Å²) >= 11 is 0. The summed E-state index contributed by atoms with van der Waals surface area (Å²) in [5, 5.41) is 3.26. The van der Waals surface area contributed by atoms with Crippen molar-refractivity contribution in [1.82, 2.24) is 15.2 Å². The average molecular weight is 297 g/mol. The van der Waals surface area contributed by atoms with Crippen molar-refractivity contribution in [3.05, 3.63) is 29.6 Å². The zero-order valence-electron chi connectivity index (χ0n) is 12.2. The Morgan fingerprint density at radius 2 is 2.25 bits per heavy atom. The smallest absolute Gasteiger partial charge is 0.151 e. The predicted octanol–water partition coefficient (Wildman–Crippen LogP) is 0.810. The van der Waals surface area contributed by atoms with Crippen LogP contribution in [0.3, 0.4) is 0 Å². The molecule has 0 amide bonds. The molecule has 112 valence electrons. The first-order valence-corrected chi connectivity index (χ1v) is 8.87. The number of nitrogens with one attached hydrogen (secondary N) is 1. The highest BCUT2D eigenvalue weighted by Gasteiger charge is 2.30. The quantitative estimate of drug-likeness (QED) is 0.842. The lowest BCUT2D eigenvalue weighted by Gasteiger charge is -2.22. The van der Waals surface area contributed by atoms with E-state index in [-0.39, 0.29) is 11.8 Å². The third-order valence-corrected chi connectivity index (χ3v) is 5.46. The summed E-state index contributed by atoms with van der Waals surface area (Å²) < 4.78 is 23.0. The van der Waals surface area contributed by atoms with Gasteiger partial charge in [0, 0.05) is 25.3 Å². The SMILES string of the molecule is CCNCc1ccc(CN(C)C2CCS(=O)(=O)C2)nc1. The summed E-state index contributed by atoms with van der Waals surface area (Å²) in [6.07, 6.45) is 2.62. The Bertz CT molecular complexity index is 528. The van der Waals surface area contributed by atoms with E-state index >= 15 is 0 Å². The number of aromatic nitrogens is 1. The molecule has 6 heteroatoms. The molecule has 2 rings (SSSR count). The molecule has 1 fully saturated rings. The molecule has 1 aliphatic heterocycles. The minimum absolute atomic E-state index is 0.128. The van der Waals surface area contributed by atoms with Gasteiger partial charge in [0.05, 0.1) is 17.2 Å². The Morgan fingerprint density at radius 1 is 1.45 bits per heavy atom. The van der Waals surface area contributed by atoms with Gasteiger partial charge in [0.2, 0.25) is 0 Å². The summed E-state index contributed by atoms with van der Waals surface area (Å²) in [6, 6.07) is 4.22. The predicted molar refractivity (Wildman–Crippen MR) is 80.1 cm³/mol. The van der Waals surface area contributed by atoms with Crippen LogP contribution in [0.1, 0.15) is 24.6 Å². The van der Waals surface area contributed by atoms with Crippen LogP contribution in [-0.4, -0.2) is 49.4 Å². The van der Waals surface area contributed by atoms with Crippen molar-refractivity contribution in [3.8, 4) is 0 Å². The Labute approximate surface area is 121 Å². The van der Waals surface area contributed by atoms with Crippen molar-refractivity contribution in [2.24, 2.45) is 0 Å². The van der Waals surface area contributed by atoms with Crippen molar-refractivity contribution in [1.29, 1.82) is 0 Å². The van der Waals surface area contributed by atoms with Crippen molar-refractivity contribution in [2.75, 3.05) is 25.1 Å². The normalized spacial score (nSPS) is 21.4. The molecule has 1 aromatic heterocycles. The van der Waals surface area contributed by atoms with Gasteiger partial charge in [0.1, 0.15) is 0 Å². The molecule has 0 spiro atoms. The van der Waals surface area contributed by atoms with Crippen molar-refractivity contribution < 1.29 is 8.42 Å². The Balaban J connectivity index is 1.89. The molecule has 1 unspecified atom stereocenters. The second-order valence-corrected chi connectivity index (χ2v) is 7.64. The van der Waals surface area contributed by atoms with E-state index in [1.807, 2.05) is 19.3 Å².